The van der Waals surface area contributed by atoms with Gasteiger partial charge in [0.05, 0.1) is 53.7 Å². The fraction of sp³-hybridized carbons (Fsp3) is 0.259. The van der Waals surface area contributed by atoms with Crippen LogP contribution >= 0.6 is 23.2 Å². The van der Waals surface area contributed by atoms with E-state index in [9.17, 15) is 19.6 Å². The first kappa shape index (κ1) is 27.3. The highest BCUT2D eigenvalue weighted by Gasteiger charge is 2.29. The molecule has 0 atom stereocenters. The van der Waals surface area contributed by atoms with E-state index in [2.05, 4.69) is 4.90 Å². The maximum absolute atomic E-state index is 13.3. The minimum absolute atomic E-state index is 0.0106. The molecule has 39 heavy (non-hydrogen) atoms. The molecule has 0 aliphatic carbocycles. The number of ether oxygens (including phenoxy) is 3. The molecule has 3 aromatic rings. The van der Waals surface area contributed by atoms with Gasteiger partial charge in [-0.05, 0) is 35.3 Å². The van der Waals surface area contributed by atoms with Crippen LogP contribution in [-0.2, 0) is 16.0 Å². The van der Waals surface area contributed by atoms with Crippen molar-refractivity contribution >= 4 is 53.3 Å². The number of fused-ring (bicyclic) bond motifs is 1. The fourth-order valence-corrected chi connectivity index (χ4v) is 5.45. The summed E-state index contributed by atoms with van der Waals surface area (Å²) in [6.45, 7) is 2.63. The van der Waals surface area contributed by atoms with Crippen LogP contribution < -0.4 is 15.1 Å². The van der Waals surface area contributed by atoms with Crippen molar-refractivity contribution in [1.82, 2.24) is 4.90 Å². The Labute approximate surface area is 235 Å². The van der Waals surface area contributed by atoms with Crippen molar-refractivity contribution in [3.63, 3.8) is 0 Å². The van der Waals surface area contributed by atoms with Crippen LogP contribution in [0.4, 0.5) is 5.69 Å². The zero-order chi connectivity index (χ0) is 27.7. The van der Waals surface area contributed by atoms with Crippen LogP contribution in [0.25, 0.3) is 11.1 Å². The largest absolute Gasteiger partial charge is 0.488 e. The number of carbonyl (C=O) groups excluding carboxylic acids is 2. The van der Waals surface area contributed by atoms with Crippen LogP contribution in [0.5, 0.6) is 5.75 Å². The van der Waals surface area contributed by atoms with Gasteiger partial charge in [-0.1, -0.05) is 47.5 Å². The van der Waals surface area contributed by atoms with E-state index in [0.29, 0.717) is 37.6 Å². The number of benzene rings is 3. The Kier molecular flexibility index (Phi) is 8.02. The molecule has 0 unspecified atom stereocenters. The number of para-hydroxylation sites is 1. The number of amides is 1. The molecule has 2 heterocycles. The van der Waals surface area contributed by atoms with Crippen molar-refractivity contribution in [1.29, 1.82) is 0 Å². The number of halogens is 2. The van der Waals surface area contributed by atoms with Crippen molar-refractivity contribution in [2.75, 3.05) is 45.0 Å². The second-order valence-corrected chi connectivity index (χ2v) is 9.94. The first-order valence-corrected chi connectivity index (χ1v) is 13.0. The second kappa shape index (κ2) is 11.5. The maximum atomic E-state index is 13.3. The lowest BCUT2D eigenvalue weighted by atomic mass is 9.80. The fourth-order valence-electron chi connectivity index (χ4n) is 4.78. The third-order valence-electron chi connectivity index (χ3n) is 6.75. The summed E-state index contributed by atoms with van der Waals surface area (Å²) < 4.78 is 16.6. The Morgan fingerprint density at radius 2 is 1.74 bits per heavy atom. The average molecular weight is 571 g/mol. The monoisotopic (exact) mass is 570 g/mol. The Bertz CT molecular complexity index is 1410. The molecule has 202 valence electrons. The molecule has 0 spiro atoms. The number of methoxy groups -OCH3 is 1. The summed E-state index contributed by atoms with van der Waals surface area (Å²) in [5.41, 5.74) is 3.83. The lowest BCUT2D eigenvalue weighted by Gasteiger charge is -2.32. The van der Waals surface area contributed by atoms with Gasteiger partial charge in [0.1, 0.15) is 5.75 Å². The lowest BCUT2D eigenvalue weighted by molar-refractivity contribution is 0.0515. The van der Waals surface area contributed by atoms with E-state index in [4.69, 9.17) is 37.4 Å². The van der Waals surface area contributed by atoms with Gasteiger partial charge in [0.25, 0.3) is 5.91 Å². The SMILES string of the molecule is COC(=O)c1ccc(-c2cccc3c2OCN(C(=O)c2c(Cl)cc(B(O)O)cc2Cl)C3)cc1N1CCOCC1. The molecule has 12 heteroatoms. The number of nitrogens with zero attached hydrogens (tertiary/aromatic N) is 2. The molecule has 1 fully saturated rings. The van der Waals surface area contributed by atoms with Gasteiger partial charge in [0.15, 0.2) is 6.73 Å². The van der Waals surface area contributed by atoms with E-state index in [1.54, 1.807) is 6.07 Å². The predicted octanol–water partition coefficient (Wildman–Crippen LogP) is 2.96. The molecule has 5 rings (SSSR count). The quantitative estimate of drug-likeness (QED) is 0.356. The molecule has 0 saturated carbocycles. The van der Waals surface area contributed by atoms with Gasteiger partial charge in [0.2, 0.25) is 0 Å². The van der Waals surface area contributed by atoms with Crippen molar-refractivity contribution in [3.05, 3.63) is 75.3 Å². The van der Waals surface area contributed by atoms with E-state index in [0.717, 1.165) is 22.4 Å². The van der Waals surface area contributed by atoms with E-state index in [-0.39, 0.29) is 34.3 Å². The summed E-state index contributed by atoms with van der Waals surface area (Å²) in [5.74, 6) is -0.226. The number of anilines is 1. The molecule has 0 aromatic heterocycles. The van der Waals surface area contributed by atoms with Crippen LogP contribution in [0.2, 0.25) is 10.0 Å². The second-order valence-electron chi connectivity index (χ2n) is 9.13. The zero-order valence-corrected chi connectivity index (χ0v) is 22.5. The van der Waals surface area contributed by atoms with Gasteiger partial charge in [-0.2, -0.15) is 0 Å². The Morgan fingerprint density at radius 3 is 2.41 bits per heavy atom. The summed E-state index contributed by atoms with van der Waals surface area (Å²) >= 11 is 12.6. The van der Waals surface area contributed by atoms with Crippen LogP contribution in [-0.4, -0.2) is 74.1 Å². The van der Waals surface area contributed by atoms with Gasteiger partial charge >= 0.3 is 13.1 Å². The number of esters is 1. The van der Waals surface area contributed by atoms with Crippen LogP contribution in [0.3, 0.4) is 0 Å². The standard InChI is InChI=1S/C27H25BCl2N2O7/c1-37-27(34)20-6-5-16(11-23(20)31-7-9-38-10-8-31)19-4-2-3-17-14-32(15-39-25(17)19)26(33)24-21(29)12-18(28(35)36)13-22(24)30/h2-6,11-13,35-36H,7-10,14-15H2,1H3. The number of hydrogen-bond donors (Lipinski definition) is 2. The Balaban J connectivity index is 1.46. The molecule has 1 amide bonds. The third kappa shape index (κ3) is 5.43. The van der Waals surface area contributed by atoms with Crippen molar-refractivity contribution in [2.45, 2.75) is 6.54 Å². The Morgan fingerprint density at radius 1 is 1.03 bits per heavy atom. The predicted molar refractivity (Wildman–Crippen MR) is 148 cm³/mol. The number of morpholine rings is 1. The molecular weight excluding hydrogens is 546 g/mol. The van der Waals surface area contributed by atoms with Gasteiger partial charge in [-0.25, -0.2) is 4.79 Å². The highest BCUT2D eigenvalue weighted by Crippen LogP contribution is 2.39. The molecule has 0 radical (unpaired) electrons. The van der Waals surface area contributed by atoms with Crippen molar-refractivity contribution < 1.29 is 33.8 Å². The molecular formula is C27H25BCl2N2O7. The first-order valence-electron chi connectivity index (χ1n) is 12.2. The van der Waals surface area contributed by atoms with Gasteiger partial charge in [-0.15, -0.1) is 0 Å². The van der Waals surface area contributed by atoms with Crippen LogP contribution in [0.15, 0.2) is 48.5 Å². The summed E-state index contributed by atoms with van der Waals surface area (Å²) in [4.78, 5) is 29.4. The highest BCUT2D eigenvalue weighted by molar-refractivity contribution is 6.59. The van der Waals surface area contributed by atoms with E-state index < -0.39 is 19.0 Å². The maximum Gasteiger partial charge on any atom is 0.488 e. The van der Waals surface area contributed by atoms with Crippen molar-refractivity contribution in [3.8, 4) is 16.9 Å². The van der Waals surface area contributed by atoms with Gasteiger partial charge < -0.3 is 34.1 Å². The molecule has 0 bridgehead atoms. The molecule has 9 nitrogen and oxygen atoms in total. The third-order valence-corrected chi connectivity index (χ3v) is 7.35. The molecule has 2 aliphatic heterocycles. The minimum Gasteiger partial charge on any atom is -0.472 e. The summed E-state index contributed by atoms with van der Waals surface area (Å²) in [6.07, 6.45) is 0. The van der Waals surface area contributed by atoms with Gasteiger partial charge in [-0.3, -0.25) is 4.79 Å². The summed E-state index contributed by atoms with van der Waals surface area (Å²) in [5, 5.41) is 18.9. The van der Waals surface area contributed by atoms with E-state index in [1.165, 1.54) is 24.1 Å². The first-order chi connectivity index (χ1) is 18.8. The average Bonchev–Trinajstić information content (AvgIpc) is 2.95. The normalized spacial score (nSPS) is 14.9. The smallest absolute Gasteiger partial charge is 0.472 e. The van der Waals surface area contributed by atoms with Crippen molar-refractivity contribution in [2.24, 2.45) is 0 Å². The van der Waals surface area contributed by atoms with Crippen LogP contribution in [0, 0.1) is 0 Å². The van der Waals surface area contributed by atoms with E-state index in [1.807, 2.05) is 30.3 Å². The summed E-state index contributed by atoms with van der Waals surface area (Å²) in [6, 6.07) is 13.8. The Hall–Kier alpha value is -3.28. The number of rotatable bonds is 5. The van der Waals surface area contributed by atoms with E-state index >= 15 is 0 Å². The lowest BCUT2D eigenvalue weighted by Crippen LogP contribution is -2.38. The topological polar surface area (TPSA) is 109 Å². The van der Waals surface area contributed by atoms with Gasteiger partial charge in [0, 0.05) is 24.2 Å². The zero-order valence-electron chi connectivity index (χ0n) is 21.0. The number of hydrogen-bond acceptors (Lipinski definition) is 8. The minimum atomic E-state index is -1.77. The summed E-state index contributed by atoms with van der Waals surface area (Å²) in [7, 11) is -0.406. The molecule has 2 N–H and O–H groups in total. The van der Waals surface area contributed by atoms with Crippen LogP contribution in [0.1, 0.15) is 26.3 Å². The molecule has 3 aromatic carbocycles. The molecule has 2 aliphatic rings. The molecule has 1 saturated heterocycles. The highest BCUT2D eigenvalue weighted by atomic mass is 35.5. The number of carbonyl (C=O) groups is 2.